The molecule has 1 heterocycles. The van der Waals surface area contributed by atoms with Crippen LogP contribution in [0.2, 0.25) is 0 Å². The van der Waals surface area contributed by atoms with Crippen LogP contribution in [-0.2, 0) is 6.54 Å². The molecule has 0 aliphatic rings. The van der Waals surface area contributed by atoms with Gasteiger partial charge in [0.2, 0.25) is 0 Å². The molecule has 0 atom stereocenters. The summed E-state index contributed by atoms with van der Waals surface area (Å²) in [4.78, 5) is 18.6. The van der Waals surface area contributed by atoms with Gasteiger partial charge in [0, 0.05) is 25.0 Å². The molecule has 0 fully saturated rings. The maximum Gasteiger partial charge on any atom is 0.270 e. The number of hydrogen-bond acceptors (Lipinski definition) is 4. The van der Waals surface area contributed by atoms with E-state index in [2.05, 4.69) is 34.6 Å². The van der Waals surface area contributed by atoms with Crippen molar-refractivity contribution in [3.63, 3.8) is 0 Å². The molecule has 0 bridgehead atoms. The van der Waals surface area contributed by atoms with Gasteiger partial charge in [-0.15, -0.1) is 0 Å². The van der Waals surface area contributed by atoms with E-state index in [0.717, 1.165) is 30.8 Å². The molecule has 2 rings (SSSR count). The molecule has 0 saturated heterocycles. The standard InChI is InChI=1S/C19H26N4O/c1-15-5-7-16(8-6-15)14-22-19(24)18-13-17(9-11-21-18)20-10-4-12-23(2)3/h5-9,11,13H,4,10,12,14H2,1-3H3,(H,20,21)(H,22,24). The Kier molecular flexibility index (Phi) is 6.75. The topological polar surface area (TPSA) is 57.3 Å². The van der Waals surface area contributed by atoms with Crippen LogP contribution in [0.1, 0.15) is 28.0 Å². The Morgan fingerprint density at radius 1 is 1.17 bits per heavy atom. The van der Waals surface area contributed by atoms with Crippen molar-refractivity contribution in [1.82, 2.24) is 15.2 Å². The normalized spacial score (nSPS) is 10.7. The number of aromatic nitrogens is 1. The summed E-state index contributed by atoms with van der Waals surface area (Å²) < 4.78 is 0. The number of amides is 1. The van der Waals surface area contributed by atoms with Crippen molar-refractivity contribution < 1.29 is 4.79 Å². The molecule has 128 valence electrons. The minimum absolute atomic E-state index is 0.160. The van der Waals surface area contributed by atoms with Crippen LogP contribution < -0.4 is 10.6 Å². The molecule has 0 radical (unpaired) electrons. The van der Waals surface area contributed by atoms with Crippen LogP contribution in [0.5, 0.6) is 0 Å². The largest absolute Gasteiger partial charge is 0.385 e. The average Bonchev–Trinajstić information content (AvgIpc) is 2.58. The summed E-state index contributed by atoms with van der Waals surface area (Å²) in [5.41, 5.74) is 3.63. The summed E-state index contributed by atoms with van der Waals surface area (Å²) >= 11 is 0. The Balaban J connectivity index is 1.85. The lowest BCUT2D eigenvalue weighted by molar-refractivity contribution is 0.0946. The van der Waals surface area contributed by atoms with Gasteiger partial charge in [-0.25, -0.2) is 0 Å². The van der Waals surface area contributed by atoms with Gasteiger partial charge in [-0.1, -0.05) is 29.8 Å². The lowest BCUT2D eigenvalue weighted by Crippen LogP contribution is -2.24. The zero-order chi connectivity index (χ0) is 17.4. The first-order valence-electron chi connectivity index (χ1n) is 8.23. The first-order chi connectivity index (χ1) is 11.5. The molecule has 0 saturated carbocycles. The highest BCUT2D eigenvalue weighted by atomic mass is 16.1. The second-order valence-electron chi connectivity index (χ2n) is 6.18. The summed E-state index contributed by atoms with van der Waals surface area (Å²) in [7, 11) is 4.12. The van der Waals surface area contributed by atoms with Crippen molar-refractivity contribution in [1.29, 1.82) is 0 Å². The molecule has 2 N–H and O–H groups in total. The fraction of sp³-hybridized carbons (Fsp3) is 0.368. The Morgan fingerprint density at radius 3 is 2.62 bits per heavy atom. The van der Waals surface area contributed by atoms with Crippen LogP contribution in [0.3, 0.4) is 0 Å². The van der Waals surface area contributed by atoms with E-state index >= 15 is 0 Å². The SMILES string of the molecule is Cc1ccc(CNC(=O)c2cc(NCCCN(C)C)ccn2)cc1. The van der Waals surface area contributed by atoms with E-state index in [1.54, 1.807) is 12.3 Å². The molecular formula is C19H26N4O. The second kappa shape index (κ2) is 9.03. The highest BCUT2D eigenvalue weighted by Crippen LogP contribution is 2.09. The van der Waals surface area contributed by atoms with Crippen molar-refractivity contribution in [2.75, 3.05) is 32.5 Å². The van der Waals surface area contributed by atoms with Crippen molar-refractivity contribution >= 4 is 11.6 Å². The summed E-state index contributed by atoms with van der Waals surface area (Å²) in [5, 5.41) is 6.24. The summed E-state index contributed by atoms with van der Waals surface area (Å²) in [5.74, 6) is -0.160. The summed E-state index contributed by atoms with van der Waals surface area (Å²) in [6, 6.07) is 11.8. The molecule has 5 heteroatoms. The molecular weight excluding hydrogens is 300 g/mol. The Morgan fingerprint density at radius 2 is 1.92 bits per heavy atom. The molecule has 0 spiro atoms. The third kappa shape index (κ3) is 6.01. The smallest absolute Gasteiger partial charge is 0.270 e. The molecule has 1 aromatic heterocycles. The van der Waals surface area contributed by atoms with Gasteiger partial charge in [-0.3, -0.25) is 9.78 Å². The maximum absolute atomic E-state index is 12.2. The van der Waals surface area contributed by atoms with Crippen molar-refractivity contribution in [3.8, 4) is 0 Å². The lowest BCUT2D eigenvalue weighted by Gasteiger charge is -2.11. The molecule has 0 aliphatic heterocycles. The number of nitrogens with zero attached hydrogens (tertiary/aromatic N) is 2. The third-order valence-electron chi connectivity index (χ3n) is 3.68. The third-order valence-corrected chi connectivity index (χ3v) is 3.68. The number of anilines is 1. The van der Waals surface area contributed by atoms with E-state index in [9.17, 15) is 4.79 Å². The Labute approximate surface area is 144 Å². The molecule has 0 aliphatic carbocycles. The van der Waals surface area contributed by atoms with Crippen molar-refractivity contribution in [2.45, 2.75) is 19.9 Å². The monoisotopic (exact) mass is 326 g/mol. The second-order valence-corrected chi connectivity index (χ2v) is 6.18. The fourth-order valence-electron chi connectivity index (χ4n) is 2.27. The van der Waals surface area contributed by atoms with Gasteiger partial charge in [0.05, 0.1) is 0 Å². The number of rotatable bonds is 8. The highest BCUT2D eigenvalue weighted by Gasteiger charge is 2.07. The first-order valence-corrected chi connectivity index (χ1v) is 8.23. The van der Waals surface area contributed by atoms with Crippen LogP contribution in [0.15, 0.2) is 42.6 Å². The number of hydrogen-bond donors (Lipinski definition) is 2. The number of carbonyl (C=O) groups excluding carboxylic acids is 1. The number of carbonyl (C=O) groups is 1. The molecule has 0 unspecified atom stereocenters. The van der Waals surface area contributed by atoms with E-state index in [-0.39, 0.29) is 5.91 Å². The fourth-order valence-corrected chi connectivity index (χ4v) is 2.27. The Hall–Kier alpha value is -2.40. The van der Waals surface area contributed by atoms with Gasteiger partial charge < -0.3 is 15.5 Å². The quantitative estimate of drug-likeness (QED) is 0.732. The van der Waals surface area contributed by atoms with E-state index in [1.165, 1.54) is 5.56 Å². The molecule has 1 aromatic carbocycles. The zero-order valence-electron chi connectivity index (χ0n) is 14.7. The van der Waals surface area contributed by atoms with Gasteiger partial charge in [-0.2, -0.15) is 0 Å². The van der Waals surface area contributed by atoms with Crippen LogP contribution in [-0.4, -0.2) is 43.0 Å². The van der Waals surface area contributed by atoms with E-state index in [1.807, 2.05) is 37.3 Å². The zero-order valence-corrected chi connectivity index (χ0v) is 14.7. The lowest BCUT2D eigenvalue weighted by atomic mass is 10.1. The van der Waals surface area contributed by atoms with Crippen LogP contribution in [0.25, 0.3) is 0 Å². The average molecular weight is 326 g/mol. The Bertz CT molecular complexity index is 653. The van der Waals surface area contributed by atoms with Gasteiger partial charge in [0.15, 0.2) is 0 Å². The van der Waals surface area contributed by atoms with E-state index in [4.69, 9.17) is 0 Å². The van der Waals surface area contributed by atoms with Crippen molar-refractivity contribution in [2.24, 2.45) is 0 Å². The van der Waals surface area contributed by atoms with Crippen LogP contribution >= 0.6 is 0 Å². The van der Waals surface area contributed by atoms with Gasteiger partial charge in [-0.05, 0) is 51.7 Å². The highest BCUT2D eigenvalue weighted by molar-refractivity contribution is 5.93. The maximum atomic E-state index is 12.2. The number of benzene rings is 1. The summed E-state index contributed by atoms with van der Waals surface area (Å²) in [6.45, 7) is 4.44. The number of pyridine rings is 1. The predicted molar refractivity (Wildman–Crippen MR) is 98.2 cm³/mol. The molecule has 2 aromatic rings. The van der Waals surface area contributed by atoms with Gasteiger partial charge in [0.1, 0.15) is 5.69 Å². The molecule has 1 amide bonds. The van der Waals surface area contributed by atoms with E-state index < -0.39 is 0 Å². The minimum atomic E-state index is -0.160. The van der Waals surface area contributed by atoms with Gasteiger partial charge >= 0.3 is 0 Å². The first kappa shape index (κ1) is 17.9. The predicted octanol–water partition coefficient (Wildman–Crippen LogP) is 2.68. The van der Waals surface area contributed by atoms with E-state index in [0.29, 0.717) is 12.2 Å². The molecule has 5 nitrogen and oxygen atoms in total. The summed E-state index contributed by atoms with van der Waals surface area (Å²) in [6.07, 6.45) is 2.71. The number of aryl methyl sites for hydroxylation is 1. The van der Waals surface area contributed by atoms with Crippen LogP contribution in [0.4, 0.5) is 5.69 Å². The minimum Gasteiger partial charge on any atom is -0.385 e. The van der Waals surface area contributed by atoms with Crippen molar-refractivity contribution in [3.05, 3.63) is 59.4 Å². The molecule has 24 heavy (non-hydrogen) atoms. The number of nitrogens with one attached hydrogen (secondary N) is 2. The van der Waals surface area contributed by atoms with Gasteiger partial charge in [0.25, 0.3) is 5.91 Å². The van der Waals surface area contributed by atoms with Crippen LogP contribution in [0, 0.1) is 6.92 Å².